The van der Waals surface area contributed by atoms with Crippen molar-refractivity contribution < 1.29 is 14.3 Å². The average Bonchev–Trinajstić information content (AvgIpc) is 2.93. The Morgan fingerprint density at radius 1 is 1.38 bits per heavy atom. The van der Waals surface area contributed by atoms with Gasteiger partial charge in [-0.05, 0) is 17.7 Å². The molecule has 2 heterocycles. The van der Waals surface area contributed by atoms with Crippen molar-refractivity contribution in [2.45, 2.75) is 12.7 Å². The fourth-order valence-electron chi connectivity index (χ4n) is 1.59. The Kier molecular flexibility index (Phi) is 1.27. The number of ether oxygens (including phenoxy) is 2. The lowest BCUT2D eigenvalue weighted by molar-refractivity contribution is 0.0535. The van der Waals surface area contributed by atoms with Crippen LogP contribution in [0, 0.1) is 0 Å². The van der Waals surface area contributed by atoms with Crippen LogP contribution in [0.5, 0.6) is 0 Å². The first kappa shape index (κ1) is 7.09. The molecule has 0 amide bonds. The molecule has 2 aliphatic heterocycles. The van der Waals surface area contributed by atoms with E-state index in [4.69, 9.17) is 9.47 Å². The smallest absolute Gasteiger partial charge is 0.338 e. The normalized spacial score (nSPS) is 24.0. The summed E-state index contributed by atoms with van der Waals surface area (Å²) in [5, 5.41) is 0. The first-order chi connectivity index (χ1) is 6.34. The molecule has 3 nitrogen and oxygen atoms in total. The number of cyclic esters (lactones) is 1. The number of rotatable bonds is 1. The Morgan fingerprint density at radius 3 is 3.00 bits per heavy atom. The van der Waals surface area contributed by atoms with Crippen molar-refractivity contribution in [3.05, 3.63) is 34.9 Å². The molecule has 0 saturated carbocycles. The second-order valence-corrected chi connectivity index (χ2v) is 3.31. The van der Waals surface area contributed by atoms with Crippen molar-refractivity contribution in [2.75, 3.05) is 6.61 Å². The van der Waals surface area contributed by atoms with Crippen molar-refractivity contribution in [1.29, 1.82) is 0 Å². The highest BCUT2D eigenvalue weighted by atomic mass is 16.6. The molecule has 1 atom stereocenters. The minimum atomic E-state index is -0.210. The highest BCUT2D eigenvalue weighted by Gasteiger charge is 2.28. The number of carbonyl (C=O) groups is 1. The van der Waals surface area contributed by atoms with Gasteiger partial charge in [0.25, 0.3) is 0 Å². The molecule has 0 aromatic heterocycles. The molecule has 3 heteroatoms. The second kappa shape index (κ2) is 2.33. The van der Waals surface area contributed by atoms with Crippen LogP contribution in [0.15, 0.2) is 18.2 Å². The molecule has 3 rings (SSSR count). The molecule has 13 heavy (non-hydrogen) atoms. The third-order valence-corrected chi connectivity index (χ3v) is 2.41. The van der Waals surface area contributed by atoms with Gasteiger partial charge in [-0.25, -0.2) is 4.79 Å². The van der Waals surface area contributed by atoms with E-state index in [1.807, 2.05) is 18.2 Å². The maximum absolute atomic E-state index is 11.1. The van der Waals surface area contributed by atoms with E-state index in [0.29, 0.717) is 12.2 Å². The van der Waals surface area contributed by atoms with Crippen LogP contribution in [-0.2, 0) is 16.1 Å². The lowest BCUT2D eigenvalue weighted by Crippen LogP contribution is -1.93. The number of benzene rings is 1. The summed E-state index contributed by atoms with van der Waals surface area (Å²) >= 11 is 0. The topological polar surface area (TPSA) is 38.8 Å². The third kappa shape index (κ3) is 1.04. The Balaban J connectivity index is 2.07. The molecule has 1 fully saturated rings. The summed E-state index contributed by atoms with van der Waals surface area (Å²) in [5.41, 5.74) is 2.83. The predicted molar refractivity (Wildman–Crippen MR) is 44.3 cm³/mol. The van der Waals surface area contributed by atoms with Crippen molar-refractivity contribution >= 4 is 5.97 Å². The van der Waals surface area contributed by atoms with Gasteiger partial charge < -0.3 is 9.47 Å². The molecule has 1 aromatic carbocycles. The molecule has 1 saturated heterocycles. The van der Waals surface area contributed by atoms with Crippen LogP contribution in [0.3, 0.4) is 0 Å². The van der Waals surface area contributed by atoms with E-state index in [0.717, 1.165) is 17.7 Å². The van der Waals surface area contributed by atoms with Crippen LogP contribution < -0.4 is 0 Å². The summed E-state index contributed by atoms with van der Waals surface area (Å²) < 4.78 is 10.1. The number of epoxide rings is 1. The summed E-state index contributed by atoms with van der Waals surface area (Å²) in [6, 6.07) is 5.75. The van der Waals surface area contributed by atoms with Crippen molar-refractivity contribution in [3.8, 4) is 0 Å². The number of carbonyl (C=O) groups excluding carboxylic acids is 1. The monoisotopic (exact) mass is 176 g/mol. The third-order valence-electron chi connectivity index (χ3n) is 2.41. The Bertz CT molecular complexity index is 380. The predicted octanol–water partition coefficient (Wildman–Crippen LogP) is 1.43. The van der Waals surface area contributed by atoms with Gasteiger partial charge in [0.2, 0.25) is 0 Å². The lowest BCUT2D eigenvalue weighted by atomic mass is 10.0. The quantitative estimate of drug-likeness (QED) is 0.480. The second-order valence-electron chi connectivity index (χ2n) is 3.31. The highest BCUT2D eigenvalue weighted by Crippen LogP contribution is 2.32. The molecule has 66 valence electrons. The molecule has 0 bridgehead atoms. The van der Waals surface area contributed by atoms with Gasteiger partial charge in [-0.3, -0.25) is 0 Å². The summed E-state index contributed by atoms with van der Waals surface area (Å²) in [7, 11) is 0. The zero-order chi connectivity index (χ0) is 8.84. The minimum absolute atomic E-state index is 0.210. The van der Waals surface area contributed by atoms with Gasteiger partial charge in [-0.1, -0.05) is 6.07 Å². The summed E-state index contributed by atoms with van der Waals surface area (Å²) in [5.74, 6) is -0.210. The number of esters is 1. The molecular weight excluding hydrogens is 168 g/mol. The largest absolute Gasteiger partial charge is 0.457 e. The van der Waals surface area contributed by atoms with Crippen molar-refractivity contribution in [2.24, 2.45) is 0 Å². The molecule has 2 aliphatic rings. The SMILES string of the molecule is O=C1OCc2cc([C@H]3CO3)ccc21. The zero-order valence-electron chi connectivity index (χ0n) is 6.95. The number of fused-ring (bicyclic) bond motifs is 1. The van der Waals surface area contributed by atoms with E-state index in [9.17, 15) is 4.79 Å². The van der Waals surface area contributed by atoms with E-state index in [-0.39, 0.29) is 12.1 Å². The van der Waals surface area contributed by atoms with Gasteiger partial charge in [0.1, 0.15) is 12.7 Å². The van der Waals surface area contributed by atoms with E-state index in [2.05, 4.69) is 0 Å². The van der Waals surface area contributed by atoms with Gasteiger partial charge in [-0.15, -0.1) is 0 Å². The van der Waals surface area contributed by atoms with Gasteiger partial charge >= 0.3 is 5.97 Å². The first-order valence-electron chi connectivity index (χ1n) is 4.26. The fourth-order valence-corrected chi connectivity index (χ4v) is 1.59. The molecule has 0 aliphatic carbocycles. The van der Waals surface area contributed by atoms with Crippen LogP contribution in [0.1, 0.15) is 27.6 Å². The van der Waals surface area contributed by atoms with Crippen LogP contribution in [0.25, 0.3) is 0 Å². The summed E-state index contributed by atoms with van der Waals surface area (Å²) in [6.07, 6.45) is 0.251. The van der Waals surface area contributed by atoms with Crippen molar-refractivity contribution in [3.63, 3.8) is 0 Å². The number of hydrogen-bond donors (Lipinski definition) is 0. The highest BCUT2D eigenvalue weighted by molar-refractivity contribution is 5.93. The molecule has 0 N–H and O–H groups in total. The van der Waals surface area contributed by atoms with Gasteiger partial charge in [0.05, 0.1) is 12.2 Å². The lowest BCUT2D eigenvalue weighted by Gasteiger charge is -1.97. The summed E-state index contributed by atoms with van der Waals surface area (Å²) in [6.45, 7) is 1.21. The van der Waals surface area contributed by atoms with Gasteiger partial charge in [0, 0.05) is 5.56 Å². The molecule has 0 unspecified atom stereocenters. The van der Waals surface area contributed by atoms with Crippen LogP contribution >= 0.6 is 0 Å². The van der Waals surface area contributed by atoms with Crippen LogP contribution in [-0.4, -0.2) is 12.6 Å². The average molecular weight is 176 g/mol. The van der Waals surface area contributed by atoms with E-state index in [1.165, 1.54) is 0 Å². The molecule has 0 radical (unpaired) electrons. The molecular formula is C10H8O3. The van der Waals surface area contributed by atoms with E-state index in [1.54, 1.807) is 0 Å². The first-order valence-corrected chi connectivity index (χ1v) is 4.26. The van der Waals surface area contributed by atoms with E-state index < -0.39 is 0 Å². The maximum atomic E-state index is 11.1. The fraction of sp³-hybridized carbons (Fsp3) is 0.300. The van der Waals surface area contributed by atoms with Crippen LogP contribution in [0.2, 0.25) is 0 Å². The van der Waals surface area contributed by atoms with Crippen LogP contribution in [0.4, 0.5) is 0 Å². The standard InChI is InChI=1S/C10H8O3/c11-10-8-2-1-6(9-5-12-9)3-7(8)4-13-10/h1-3,9H,4-5H2/t9-/m1/s1. The zero-order valence-corrected chi connectivity index (χ0v) is 6.95. The van der Waals surface area contributed by atoms with Crippen molar-refractivity contribution in [1.82, 2.24) is 0 Å². The Hall–Kier alpha value is -1.35. The maximum Gasteiger partial charge on any atom is 0.338 e. The van der Waals surface area contributed by atoms with Gasteiger partial charge in [-0.2, -0.15) is 0 Å². The molecule has 1 aromatic rings. The number of hydrogen-bond acceptors (Lipinski definition) is 3. The molecule has 0 spiro atoms. The summed E-state index contributed by atoms with van der Waals surface area (Å²) in [4.78, 5) is 11.1. The Labute approximate surface area is 75.3 Å². The minimum Gasteiger partial charge on any atom is -0.457 e. The van der Waals surface area contributed by atoms with Gasteiger partial charge in [0.15, 0.2) is 0 Å². The Morgan fingerprint density at radius 2 is 2.23 bits per heavy atom. The van der Waals surface area contributed by atoms with E-state index >= 15 is 0 Å².